The molecular formula is C37H39FN4O5. The normalized spacial score (nSPS) is 14.7. The summed E-state index contributed by atoms with van der Waals surface area (Å²) >= 11 is 0. The van der Waals surface area contributed by atoms with E-state index in [2.05, 4.69) is 0 Å². The van der Waals surface area contributed by atoms with Gasteiger partial charge in [0.1, 0.15) is 30.0 Å². The molecular weight excluding hydrogens is 599 g/mol. The van der Waals surface area contributed by atoms with Crippen LogP contribution in [0.3, 0.4) is 0 Å². The standard InChI is InChI=1S/C37H39FN4O5/c1-37(2,3)47-36(43)42-20-19-27(21-42)24-45-34-30(38)17-15-28-32(40-41(4)33(28)34)29-16-18-31(44-22-25-11-7-5-8-12-25)39-35(29)46-23-26-13-9-6-10-14-26/h5-18,27H,19-24H2,1-4H3/t27-/m1/s1. The summed E-state index contributed by atoms with van der Waals surface area (Å²) in [7, 11) is 1.76. The van der Waals surface area contributed by atoms with Crippen LogP contribution in [0.1, 0.15) is 38.3 Å². The van der Waals surface area contributed by atoms with E-state index in [1.807, 2.05) is 87.5 Å². The van der Waals surface area contributed by atoms with Gasteiger partial charge in [-0.15, -0.1) is 0 Å². The molecule has 3 aromatic carbocycles. The molecule has 0 radical (unpaired) electrons. The van der Waals surface area contributed by atoms with Crippen LogP contribution in [0.25, 0.3) is 22.2 Å². The monoisotopic (exact) mass is 638 g/mol. The van der Waals surface area contributed by atoms with Crippen molar-refractivity contribution in [1.82, 2.24) is 19.7 Å². The average Bonchev–Trinajstić information content (AvgIpc) is 3.67. The molecule has 244 valence electrons. The number of fused-ring (bicyclic) bond motifs is 1. The summed E-state index contributed by atoms with van der Waals surface area (Å²) < 4.78 is 40.9. The van der Waals surface area contributed by atoms with E-state index < -0.39 is 11.4 Å². The Hall–Kier alpha value is -5.12. The smallest absolute Gasteiger partial charge is 0.410 e. The highest BCUT2D eigenvalue weighted by Gasteiger charge is 2.31. The summed E-state index contributed by atoms with van der Waals surface area (Å²) in [5, 5.41) is 5.48. The zero-order chi connectivity index (χ0) is 33.0. The van der Waals surface area contributed by atoms with Gasteiger partial charge in [-0.1, -0.05) is 60.7 Å². The molecule has 1 saturated heterocycles. The van der Waals surface area contributed by atoms with Gasteiger partial charge in [0, 0.05) is 37.5 Å². The van der Waals surface area contributed by atoms with Crippen molar-refractivity contribution < 1.29 is 28.1 Å². The first-order chi connectivity index (χ1) is 22.6. The molecule has 1 fully saturated rings. The summed E-state index contributed by atoms with van der Waals surface area (Å²) in [5.74, 6) is 0.419. The van der Waals surface area contributed by atoms with E-state index in [-0.39, 0.29) is 24.4 Å². The zero-order valence-corrected chi connectivity index (χ0v) is 27.1. The number of pyridine rings is 1. The second-order valence-corrected chi connectivity index (χ2v) is 12.7. The van der Waals surface area contributed by atoms with Gasteiger partial charge in [-0.3, -0.25) is 4.68 Å². The van der Waals surface area contributed by atoms with Gasteiger partial charge in [-0.2, -0.15) is 10.1 Å². The van der Waals surface area contributed by atoms with Crippen LogP contribution in [0.2, 0.25) is 0 Å². The molecule has 0 spiro atoms. The SMILES string of the molecule is Cn1nc(-c2ccc(OCc3ccccc3)nc2OCc2ccccc2)c2ccc(F)c(OC[C@@H]3CCN(C(=O)OC(C)(C)C)C3)c21. The average molecular weight is 639 g/mol. The van der Waals surface area contributed by atoms with Gasteiger partial charge in [0.25, 0.3) is 0 Å². The first-order valence-electron chi connectivity index (χ1n) is 15.8. The maximum atomic E-state index is 15.3. The van der Waals surface area contributed by atoms with Gasteiger partial charge >= 0.3 is 6.09 Å². The Morgan fingerprint density at radius 2 is 1.57 bits per heavy atom. The minimum atomic E-state index is -0.570. The van der Waals surface area contributed by atoms with Gasteiger partial charge in [0.05, 0.1) is 12.2 Å². The molecule has 1 aliphatic heterocycles. The molecule has 1 amide bonds. The molecule has 5 aromatic rings. The van der Waals surface area contributed by atoms with Crippen molar-refractivity contribution in [3.63, 3.8) is 0 Å². The fourth-order valence-electron chi connectivity index (χ4n) is 5.56. The Morgan fingerprint density at radius 1 is 0.894 bits per heavy atom. The third kappa shape index (κ3) is 7.65. The highest BCUT2D eigenvalue weighted by Crippen LogP contribution is 2.39. The third-order valence-electron chi connectivity index (χ3n) is 7.85. The molecule has 1 aliphatic rings. The number of amides is 1. The van der Waals surface area contributed by atoms with Crippen LogP contribution >= 0.6 is 0 Å². The number of likely N-dealkylation sites (tertiary alicyclic amines) is 1. The Morgan fingerprint density at radius 3 is 2.26 bits per heavy atom. The van der Waals surface area contributed by atoms with Crippen LogP contribution in [-0.4, -0.2) is 51.1 Å². The Bertz CT molecular complexity index is 1840. The maximum absolute atomic E-state index is 15.3. The number of hydrogen-bond donors (Lipinski definition) is 0. The van der Waals surface area contributed by atoms with E-state index in [4.69, 9.17) is 29.0 Å². The van der Waals surface area contributed by atoms with Crippen LogP contribution in [0, 0.1) is 11.7 Å². The van der Waals surface area contributed by atoms with Crippen LogP contribution in [0.4, 0.5) is 9.18 Å². The summed E-state index contributed by atoms with van der Waals surface area (Å²) in [6.07, 6.45) is 0.389. The number of halogens is 1. The molecule has 6 rings (SSSR count). The topological polar surface area (TPSA) is 87.9 Å². The molecule has 0 aliphatic carbocycles. The molecule has 9 nitrogen and oxygen atoms in total. The van der Waals surface area contributed by atoms with Gasteiger partial charge in [0.2, 0.25) is 11.8 Å². The van der Waals surface area contributed by atoms with Crippen molar-refractivity contribution in [1.29, 1.82) is 0 Å². The van der Waals surface area contributed by atoms with Crippen LogP contribution < -0.4 is 14.2 Å². The summed E-state index contributed by atoms with van der Waals surface area (Å²) in [5.41, 5.74) is 3.16. The number of nitrogens with zero attached hydrogens (tertiary/aromatic N) is 4. The highest BCUT2D eigenvalue weighted by molar-refractivity contribution is 5.97. The molecule has 47 heavy (non-hydrogen) atoms. The van der Waals surface area contributed by atoms with Gasteiger partial charge in [0.15, 0.2) is 11.6 Å². The molecule has 0 saturated carbocycles. The molecule has 1 atom stereocenters. The number of aromatic nitrogens is 3. The molecule has 10 heteroatoms. The van der Waals surface area contributed by atoms with Crippen molar-refractivity contribution in [2.45, 2.75) is 46.0 Å². The van der Waals surface area contributed by atoms with Crippen molar-refractivity contribution in [3.8, 4) is 28.8 Å². The predicted octanol–water partition coefficient (Wildman–Crippen LogP) is 7.57. The second kappa shape index (κ2) is 13.7. The summed E-state index contributed by atoms with van der Waals surface area (Å²) in [4.78, 5) is 18.9. The minimum absolute atomic E-state index is 0.0375. The van der Waals surface area contributed by atoms with E-state index in [0.29, 0.717) is 60.2 Å². The lowest BCUT2D eigenvalue weighted by Crippen LogP contribution is -2.35. The molecule has 2 aromatic heterocycles. The zero-order valence-electron chi connectivity index (χ0n) is 27.1. The molecule has 0 N–H and O–H groups in total. The third-order valence-corrected chi connectivity index (χ3v) is 7.85. The van der Waals surface area contributed by atoms with Crippen molar-refractivity contribution in [2.75, 3.05) is 19.7 Å². The van der Waals surface area contributed by atoms with Crippen molar-refractivity contribution >= 4 is 17.0 Å². The van der Waals surface area contributed by atoms with Gasteiger partial charge < -0.3 is 23.8 Å². The Kier molecular flexibility index (Phi) is 9.29. The quantitative estimate of drug-likeness (QED) is 0.156. The lowest BCUT2D eigenvalue weighted by atomic mass is 10.1. The predicted molar refractivity (Wildman–Crippen MR) is 177 cm³/mol. The number of carbonyl (C=O) groups is 1. The lowest BCUT2D eigenvalue weighted by molar-refractivity contribution is 0.0284. The lowest BCUT2D eigenvalue weighted by Gasteiger charge is -2.24. The van der Waals surface area contributed by atoms with Crippen molar-refractivity contribution in [3.05, 3.63) is 102 Å². The second-order valence-electron chi connectivity index (χ2n) is 12.7. The molecule has 0 unspecified atom stereocenters. The first-order valence-corrected chi connectivity index (χ1v) is 15.8. The van der Waals surface area contributed by atoms with E-state index in [9.17, 15) is 4.79 Å². The Labute approximate surface area is 273 Å². The molecule has 3 heterocycles. The number of carbonyl (C=O) groups excluding carboxylic acids is 1. The minimum Gasteiger partial charge on any atom is -0.488 e. The van der Waals surface area contributed by atoms with E-state index in [1.54, 1.807) is 28.8 Å². The van der Waals surface area contributed by atoms with Crippen molar-refractivity contribution in [2.24, 2.45) is 13.0 Å². The fraction of sp³-hybridized carbons (Fsp3) is 0.324. The molecule has 0 bridgehead atoms. The number of rotatable bonds is 10. The van der Waals surface area contributed by atoms with Gasteiger partial charge in [-0.05, 0) is 56.5 Å². The summed E-state index contributed by atoms with van der Waals surface area (Å²) in [6.45, 7) is 7.47. The Balaban J connectivity index is 1.26. The van der Waals surface area contributed by atoms with Gasteiger partial charge in [-0.25, -0.2) is 9.18 Å². The van der Waals surface area contributed by atoms with E-state index in [0.717, 1.165) is 17.5 Å². The van der Waals surface area contributed by atoms with Crippen LogP contribution in [0.5, 0.6) is 17.5 Å². The first kappa shape index (κ1) is 31.8. The highest BCUT2D eigenvalue weighted by atomic mass is 19.1. The summed E-state index contributed by atoms with van der Waals surface area (Å²) in [6, 6.07) is 26.4. The maximum Gasteiger partial charge on any atom is 0.410 e. The van der Waals surface area contributed by atoms with E-state index in [1.165, 1.54) is 6.07 Å². The van der Waals surface area contributed by atoms with Crippen LogP contribution in [0.15, 0.2) is 84.9 Å². The number of hydrogen-bond acceptors (Lipinski definition) is 7. The number of benzene rings is 3. The number of ether oxygens (including phenoxy) is 4. The fourth-order valence-corrected chi connectivity index (χ4v) is 5.56. The van der Waals surface area contributed by atoms with Crippen LogP contribution in [-0.2, 0) is 25.0 Å². The largest absolute Gasteiger partial charge is 0.488 e. The number of aryl methyl sites for hydroxylation is 1. The van der Waals surface area contributed by atoms with E-state index >= 15 is 4.39 Å².